The van der Waals surface area contributed by atoms with Crippen molar-refractivity contribution in [3.8, 4) is 0 Å². The zero-order chi connectivity index (χ0) is 13.2. The molecular formula is C16H22O2. The van der Waals surface area contributed by atoms with Gasteiger partial charge >= 0.3 is 0 Å². The Morgan fingerprint density at radius 3 is 2.56 bits per heavy atom. The van der Waals surface area contributed by atoms with Gasteiger partial charge in [-0.05, 0) is 30.1 Å². The van der Waals surface area contributed by atoms with Gasteiger partial charge in [-0.25, -0.2) is 0 Å². The van der Waals surface area contributed by atoms with Crippen LogP contribution in [0.4, 0.5) is 0 Å². The number of allylic oxidation sites excluding steroid dienone is 1. The molecular weight excluding hydrogens is 224 g/mol. The lowest BCUT2D eigenvalue weighted by Crippen LogP contribution is -2.02. The van der Waals surface area contributed by atoms with Gasteiger partial charge in [-0.3, -0.25) is 4.79 Å². The van der Waals surface area contributed by atoms with Crippen LogP contribution in [0.15, 0.2) is 42.0 Å². The summed E-state index contributed by atoms with van der Waals surface area (Å²) in [5.41, 5.74) is 1.66. The standard InChI is InChI=1S/C16H22O2/c1-2-3-4-6-11-15(12-13-17)16(18)14-9-7-5-8-10-14/h5,7-10,12-13,16,18H,2-4,6,11H2,1H3/b15-12+. The molecule has 98 valence electrons. The predicted octanol–water partition coefficient (Wildman–Crippen LogP) is 3.82. The molecule has 0 aromatic heterocycles. The van der Waals surface area contributed by atoms with E-state index in [1.165, 1.54) is 18.9 Å². The highest BCUT2D eigenvalue weighted by molar-refractivity contribution is 5.66. The molecule has 0 saturated carbocycles. The molecule has 1 rings (SSSR count). The van der Waals surface area contributed by atoms with Crippen LogP contribution in [0.25, 0.3) is 0 Å². The molecule has 1 N–H and O–H groups in total. The first-order valence-electron chi connectivity index (χ1n) is 6.66. The van der Waals surface area contributed by atoms with Crippen LogP contribution in [-0.2, 0) is 4.79 Å². The first-order chi connectivity index (χ1) is 8.79. The molecule has 0 fully saturated rings. The second kappa shape index (κ2) is 8.65. The number of aldehydes is 1. The number of carbonyl (C=O) groups is 1. The lowest BCUT2D eigenvalue weighted by Gasteiger charge is -2.15. The third-order valence-corrected chi connectivity index (χ3v) is 3.07. The maximum absolute atomic E-state index is 10.7. The summed E-state index contributed by atoms with van der Waals surface area (Å²) < 4.78 is 0. The summed E-state index contributed by atoms with van der Waals surface area (Å²) in [5, 5.41) is 10.2. The predicted molar refractivity (Wildman–Crippen MR) is 74.3 cm³/mol. The van der Waals surface area contributed by atoms with Crippen LogP contribution in [0, 0.1) is 0 Å². The molecule has 0 aliphatic rings. The van der Waals surface area contributed by atoms with Gasteiger partial charge in [-0.1, -0.05) is 56.5 Å². The van der Waals surface area contributed by atoms with Crippen molar-refractivity contribution in [3.63, 3.8) is 0 Å². The van der Waals surface area contributed by atoms with Gasteiger partial charge in [0.25, 0.3) is 0 Å². The maximum atomic E-state index is 10.7. The fourth-order valence-corrected chi connectivity index (χ4v) is 2.00. The van der Waals surface area contributed by atoms with Gasteiger partial charge in [0.2, 0.25) is 0 Å². The van der Waals surface area contributed by atoms with Crippen molar-refractivity contribution in [2.75, 3.05) is 0 Å². The molecule has 1 aromatic rings. The van der Waals surface area contributed by atoms with E-state index < -0.39 is 6.10 Å². The van der Waals surface area contributed by atoms with Gasteiger partial charge in [-0.15, -0.1) is 0 Å². The van der Waals surface area contributed by atoms with Gasteiger partial charge in [0.05, 0.1) is 0 Å². The molecule has 0 radical (unpaired) electrons. The number of unbranched alkanes of at least 4 members (excludes halogenated alkanes) is 3. The quantitative estimate of drug-likeness (QED) is 0.430. The lowest BCUT2D eigenvalue weighted by atomic mass is 9.96. The fourth-order valence-electron chi connectivity index (χ4n) is 2.00. The Morgan fingerprint density at radius 2 is 1.94 bits per heavy atom. The number of benzene rings is 1. The molecule has 0 aliphatic heterocycles. The summed E-state index contributed by atoms with van der Waals surface area (Å²) in [6.45, 7) is 2.17. The Morgan fingerprint density at radius 1 is 1.22 bits per heavy atom. The monoisotopic (exact) mass is 246 g/mol. The Bertz CT molecular complexity index is 368. The second-order valence-electron chi connectivity index (χ2n) is 4.50. The van der Waals surface area contributed by atoms with E-state index >= 15 is 0 Å². The Labute approximate surface area is 109 Å². The minimum absolute atomic E-state index is 0.655. The molecule has 2 nitrogen and oxygen atoms in total. The molecule has 18 heavy (non-hydrogen) atoms. The first kappa shape index (κ1) is 14.7. The van der Waals surface area contributed by atoms with E-state index in [-0.39, 0.29) is 0 Å². The minimum Gasteiger partial charge on any atom is -0.384 e. The molecule has 0 spiro atoms. The van der Waals surface area contributed by atoms with E-state index in [2.05, 4.69) is 6.92 Å². The molecule has 0 bridgehead atoms. The summed E-state index contributed by atoms with van der Waals surface area (Å²) in [6, 6.07) is 9.48. The van der Waals surface area contributed by atoms with Crippen LogP contribution in [-0.4, -0.2) is 11.4 Å². The Kier molecular flexibility index (Phi) is 7.04. The first-order valence-corrected chi connectivity index (χ1v) is 6.66. The largest absolute Gasteiger partial charge is 0.384 e. The van der Waals surface area contributed by atoms with Crippen LogP contribution in [0.2, 0.25) is 0 Å². The molecule has 2 heteroatoms. The zero-order valence-electron chi connectivity index (χ0n) is 11.0. The van der Waals surface area contributed by atoms with Crippen molar-refractivity contribution < 1.29 is 9.90 Å². The molecule has 0 heterocycles. The van der Waals surface area contributed by atoms with E-state index in [9.17, 15) is 9.90 Å². The van der Waals surface area contributed by atoms with Gasteiger partial charge in [0.15, 0.2) is 0 Å². The van der Waals surface area contributed by atoms with E-state index in [1.54, 1.807) is 0 Å². The van der Waals surface area contributed by atoms with Crippen LogP contribution in [0.5, 0.6) is 0 Å². The van der Waals surface area contributed by atoms with Crippen molar-refractivity contribution in [2.45, 2.75) is 45.1 Å². The van der Waals surface area contributed by atoms with E-state index in [0.29, 0.717) is 0 Å². The summed E-state index contributed by atoms with van der Waals surface area (Å²) in [6.07, 6.45) is 6.97. The highest BCUT2D eigenvalue weighted by Crippen LogP contribution is 2.25. The SMILES string of the molecule is CCCCCC/C(=C\C=O)C(O)c1ccccc1. The van der Waals surface area contributed by atoms with Crippen molar-refractivity contribution in [1.82, 2.24) is 0 Å². The Hall–Kier alpha value is -1.41. The molecule has 0 amide bonds. The number of hydrogen-bond donors (Lipinski definition) is 1. The van der Waals surface area contributed by atoms with E-state index in [0.717, 1.165) is 36.7 Å². The number of rotatable bonds is 8. The topological polar surface area (TPSA) is 37.3 Å². The highest BCUT2D eigenvalue weighted by atomic mass is 16.3. The van der Waals surface area contributed by atoms with Gasteiger partial charge in [0, 0.05) is 0 Å². The van der Waals surface area contributed by atoms with Crippen molar-refractivity contribution >= 4 is 6.29 Å². The van der Waals surface area contributed by atoms with Crippen molar-refractivity contribution in [3.05, 3.63) is 47.5 Å². The lowest BCUT2D eigenvalue weighted by molar-refractivity contribution is -0.104. The third kappa shape index (κ3) is 4.84. The van der Waals surface area contributed by atoms with Crippen LogP contribution >= 0.6 is 0 Å². The normalized spacial score (nSPS) is 13.3. The van der Waals surface area contributed by atoms with Crippen molar-refractivity contribution in [1.29, 1.82) is 0 Å². The van der Waals surface area contributed by atoms with Gasteiger partial charge in [-0.2, -0.15) is 0 Å². The zero-order valence-corrected chi connectivity index (χ0v) is 11.0. The van der Waals surface area contributed by atoms with E-state index in [1.807, 2.05) is 30.3 Å². The van der Waals surface area contributed by atoms with Crippen LogP contribution < -0.4 is 0 Å². The molecule has 0 saturated heterocycles. The van der Waals surface area contributed by atoms with Gasteiger partial charge in [0.1, 0.15) is 12.4 Å². The Balaban J connectivity index is 2.62. The molecule has 0 aliphatic carbocycles. The summed E-state index contributed by atoms with van der Waals surface area (Å²) >= 11 is 0. The molecule has 1 aromatic carbocycles. The third-order valence-electron chi connectivity index (χ3n) is 3.07. The number of carbonyl (C=O) groups excluding carboxylic acids is 1. The highest BCUT2D eigenvalue weighted by Gasteiger charge is 2.12. The maximum Gasteiger partial charge on any atom is 0.142 e. The summed E-state index contributed by atoms with van der Waals surface area (Å²) in [4.78, 5) is 10.7. The van der Waals surface area contributed by atoms with Crippen LogP contribution in [0.1, 0.15) is 50.7 Å². The summed E-state index contributed by atoms with van der Waals surface area (Å²) in [7, 11) is 0. The van der Waals surface area contributed by atoms with Gasteiger partial charge < -0.3 is 5.11 Å². The smallest absolute Gasteiger partial charge is 0.142 e. The number of aliphatic hydroxyl groups is 1. The average Bonchev–Trinajstić information content (AvgIpc) is 2.42. The molecule has 1 unspecified atom stereocenters. The minimum atomic E-state index is -0.655. The number of aliphatic hydroxyl groups excluding tert-OH is 1. The number of hydrogen-bond acceptors (Lipinski definition) is 2. The van der Waals surface area contributed by atoms with E-state index in [4.69, 9.17) is 0 Å². The van der Waals surface area contributed by atoms with Crippen LogP contribution in [0.3, 0.4) is 0 Å². The average molecular weight is 246 g/mol. The summed E-state index contributed by atoms with van der Waals surface area (Å²) in [5.74, 6) is 0. The van der Waals surface area contributed by atoms with Crippen molar-refractivity contribution in [2.24, 2.45) is 0 Å². The fraction of sp³-hybridized carbons (Fsp3) is 0.438. The second-order valence-corrected chi connectivity index (χ2v) is 4.50. The molecule has 1 atom stereocenters.